The lowest BCUT2D eigenvalue weighted by molar-refractivity contribution is 0.0101. The number of hydrogen-bond donors (Lipinski definition) is 0. The van der Waals surface area contributed by atoms with Crippen LogP contribution >= 0.6 is 11.3 Å². The molecule has 1 aromatic heterocycles. The van der Waals surface area contributed by atoms with Crippen LogP contribution in [-0.4, -0.2) is 18.0 Å². The van der Waals surface area contributed by atoms with Gasteiger partial charge in [-0.1, -0.05) is 0 Å². The van der Waals surface area contributed by atoms with Crippen LogP contribution in [0.5, 0.6) is 11.5 Å². The Morgan fingerprint density at radius 2 is 2.18 bits per heavy atom. The molecule has 0 atom stereocenters. The summed E-state index contributed by atoms with van der Waals surface area (Å²) in [5.41, 5.74) is 0. The van der Waals surface area contributed by atoms with Gasteiger partial charge in [0.2, 0.25) is 12.4 Å². The Labute approximate surface area is 69.8 Å². The normalized spacial score (nSPS) is 15.1. The molecular weight excluding hydrogens is 160 g/mol. The van der Waals surface area contributed by atoms with Crippen molar-refractivity contribution < 1.29 is 9.47 Å². The largest absolute Gasteiger partial charge is 0.577 e. The van der Waals surface area contributed by atoms with Crippen LogP contribution in [0.15, 0.2) is 0 Å². The summed E-state index contributed by atoms with van der Waals surface area (Å²) in [6.45, 7) is 5.72. The first-order valence-electron chi connectivity index (χ1n) is 3.69. The monoisotopic (exact) mass is 171 g/mol. The maximum Gasteiger partial charge on any atom is 0.311 e. The van der Waals surface area contributed by atoms with Crippen molar-refractivity contribution in [1.82, 2.24) is 0 Å². The molecule has 2 rings (SSSR count). The summed E-state index contributed by atoms with van der Waals surface area (Å²) in [6, 6.07) is 0. The standard InChI is InChI=1S/C8H10O2S/c1-5-7-8(6(2)11-5)10-4-3-9-7/h3-4H2,1-2H3/p+1. The SMILES string of the molecule is Cc1sc(C)c2c1OCC[OH+]2. The number of hydrogen-bond acceptors (Lipinski definition) is 2. The van der Waals surface area contributed by atoms with Gasteiger partial charge in [-0.05, 0) is 13.8 Å². The first kappa shape index (κ1) is 6.98. The van der Waals surface area contributed by atoms with Crippen molar-refractivity contribution in [1.29, 1.82) is 0 Å². The van der Waals surface area contributed by atoms with E-state index in [1.54, 1.807) is 11.3 Å². The van der Waals surface area contributed by atoms with Crippen molar-refractivity contribution in [2.45, 2.75) is 13.8 Å². The van der Waals surface area contributed by atoms with Crippen LogP contribution in [-0.2, 0) is 0 Å². The van der Waals surface area contributed by atoms with Gasteiger partial charge in [0.25, 0.3) is 0 Å². The summed E-state index contributed by atoms with van der Waals surface area (Å²) in [7, 11) is 0. The van der Waals surface area contributed by atoms with Crippen molar-refractivity contribution in [3.8, 4) is 11.5 Å². The van der Waals surface area contributed by atoms with Crippen LogP contribution < -0.4 is 4.74 Å². The molecule has 2 nitrogen and oxygen atoms in total. The Bertz CT molecular complexity index is 251. The van der Waals surface area contributed by atoms with E-state index in [1.165, 1.54) is 9.75 Å². The van der Waals surface area contributed by atoms with Gasteiger partial charge in [-0.2, -0.15) is 0 Å². The van der Waals surface area contributed by atoms with Gasteiger partial charge in [0, 0.05) is 0 Å². The predicted molar refractivity (Wildman–Crippen MR) is 45.8 cm³/mol. The Hall–Kier alpha value is -0.700. The summed E-state index contributed by atoms with van der Waals surface area (Å²) < 4.78 is 9.89. The Morgan fingerprint density at radius 1 is 1.36 bits per heavy atom. The van der Waals surface area contributed by atoms with Crippen LogP contribution in [0.2, 0.25) is 0 Å². The molecule has 0 saturated heterocycles. The maximum absolute atomic E-state index is 5.49. The summed E-state index contributed by atoms with van der Waals surface area (Å²) in [5.74, 6) is 2.09. The third-order valence-electron chi connectivity index (χ3n) is 1.78. The van der Waals surface area contributed by atoms with E-state index in [0.29, 0.717) is 0 Å². The van der Waals surface area contributed by atoms with E-state index < -0.39 is 0 Å². The molecule has 1 aliphatic rings. The molecular formula is C8H11O2S+. The van der Waals surface area contributed by atoms with Crippen molar-refractivity contribution in [3.63, 3.8) is 0 Å². The van der Waals surface area contributed by atoms with Crippen LogP contribution in [0.1, 0.15) is 9.75 Å². The highest BCUT2D eigenvalue weighted by Gasteiger charge is 2.24. The number of ether oxygens (including phenoxy) is 2. The molecule has 2 heterocycles. The van der Waals surface area contributed by atoms with E-state index in [1.807, 2.05) is 0 Å². The fourth-order valence-electron chi connectivity index (χ4n) is 1.31. The second-order valence-electron chi connectivity index (χ2n) is 2.62. The molecule has 0 fully saturated rings. The minimum atomic E-state index is 0.740. The number of aromatic hydroxyl groups is 1. The number of aryl methyl sites for hydroxylation is 2. The second-order valence-corrected chi connectivity index (χ2v) is 4.05. The van der Waals surface area contributed by atoms with Crippen molar-refractivity contribution in [3.05, 3.63) is 9.75 Å². The molecule has 0 radical (unpaired) electrons. The third-order valence-corrected chi connectivity index (χ3v) is 2.77. The molecule has 60 valence electrons. The zero-order chi connectivity index (χ0) is 7.84. The van der Waals surface area contributed by atoms with Crippen LogP contribution in [0.4, 0.5) is 0 Å². The molecule has 0 unspecified atom stereocenters. The lowest BCUT2D eigenvalue weighted by atomic mass is 10.3. The van der Waals surface area contributed by atoms with Crippen molar-refractivity contribution in [2.75, 3.05) is 13.2 Å². The molecule has 0 bridgehead atoms. The van der Waals surface area contributed by atoms with E-state index in [-0.39, 0.29) is 0 Å². The number of rotatable bonds is 0. The molecule has 0 spiro atoms. The van der Waals surface area contributed by atoms with Gasteiger partial charge in [0.1, 0.15) is 4.88 Å². The van der Waals surface area contributed by atoms with Crippen LogP contribution in [0, 0.1) is 13.8 Å². The zero-order valence-electron chi connectivity index (χ0n) is 6.68. The predicted octanol–water partition coefficient (Wildman–Crippen LogP) is 2.00. The molecule has 0 saturated carbocycles. The topological polar surface area (TPSA) is 22.0 Å². The van der Waals surface area contributed by atoms with E-state index in [9.17, 15) is 0 Å². The van der Waals surface area contributed by atoms with Gasteiger partial charge in [-0.25, -0.2) is 0 Å². The fraction of sp³-hybridized carbons (Fsp3) is 0.500. The van der Waals surface area contributed by atoms with E-state index >= 15 is 0 Å². The number of fused-ring (bicyclic) bond motifs is 1. The number of aliphatic hydroxyl groups is 1. The molecule has 1 aliphatic heterocycles. The van der Waals surface area contributed by atoms with Gasteiger partial charge in [0.05, 0.1) is 4.88 Å². The quantitative estimate of drug-likeness (QED) is 0.547. The average molecular weight is 171 g/mol. The number of thiophene rings is 1. The minimum Gasteiger partial charge on any atom is -0.577 e. The Balaban J connectivity index is 2.52. The zero-order valence-corrected chi connectivity index (χ0v) is 7.49. The van der Waals surface area contributed by atoms with Crippen molar-refractivity contribution >= 4 is 11.3 Å². The molecule has 1 N–H and O–H groups in total. The molecule has 0 aromatic carbocycles. The van der Waals surface area contributed by atoms with Crippen LogP contribution in [0.3, 0.4) is 0 Å². The summed E-state index contributed by atoms with van der Waals surface area (Å²) in [5, 5.41) is 0. The first-order valence-corrected chi connectivity index (χ1v) is 4.51. The molecule has 3 heteroatoms. The average Bonchev–Trinajstić information content (AvgIpc) is 2.30. The summed E-state index contributed by atoms with van der Waals surface area (Å²) in [6.07, 6.45) is 0. The van der Waals surface area contributed by atoms with E-state index in [2.05, 4.69) is 18.6 Å². The van der Waals surface area contributed by atoms with Gasteiger partial charge in [0.15, 0.2) is 6.61 Å². The van der Waals surface area contributed by atoms with E-state index in [4.69, 9.17) is 4.74 Å². The molecule has 0 amide bonds. The van der Waals surface area contributed by atoms with Gasteiger partial charge < -0.3 is 9.47 Å². The highest BCUT2D eigenvalue weighted by atomic mass is 32.1. The highest BCUT2D eigenvalue weighted by Crippen LogP contribution is 2.43. The third kappa shape index (κ3) is 0.997. The lowest BCUT2D eigenvalue weighted by Crippen LogP contribution is -2.12. The van der Waals surface area contributed by atoms with Crippen LogP contribution in [0.25, 0.3) is 0 Å². The summed E-state index contributed by atoms with van der Waals surface area (Å²) in [4.78, 5) is 2.53. The lowest BCUT2D eigenvalue weighted by Gasteiger charge is -2.13. The Kier molecular flexibility index (Phi) is 1.53. The Morgan fingerprint density at radius 3 is 2.91 bits per heavy atom. The molecule has 0 aliphatic carbocycles. The van der Waals surface area contributed by atoms with E-state index in [0.717, 1.165) is 24.7 Å². The fourth-order valence-corrected chi connectivity index (χ4v) is 2.27. The minimum absolute atomic E-state index is 0.740. The molecule has 11 heavy (non-hydrogen) atoms. The smallest absolute Gasteiger partial charge is 0.311 e. The van der Waals surface area contributed by atoms with Gasteiger partial charge in [-0.15, -0.1) is 11.3 Å². The summed E-state index contributed by atoms with van der Waals surface area (Å²) >= 11 is 1.77. The van der Waals surface area contributed by atoms with Gasteiger partial charge >= 0.3 is 5.75 Å². The maximum atomic E-state index is 5.49. The first-order chi connectivity index (χ1) is 5.29. The van der Waals surface area contributed by atoms with Gasteiger partial charge in [-0.3, -0.25) is 0 Å². The highest BCUT2D eigenvalue weighted by molar-refractivity contribution is 7.12. The van der Waals surface area contributed by atoms with Crippen molar-refractivity contribution in [2.24, 2.45) is 0 Å². The second kappa shape index (κ2) is 2.41. The molecule has 1 aromatic rings.